The third-order valence-electron chi connectivity index (χ3n) is 4.39. The van der Waals surface area contributed by atoms with Gasteiger partial charge < -0.3 is 10.1 Å². The van der Waals surface area contributed by atoms with E-state index in [2.05, 4.69) is 29.1 Å². The molecule has 146 valence electrons. The van der Waals surface area contributed by atoms with Crippen LogP contribution in [-0.4, -0.2) is 21.6 Å². The summed E-state index contributed by atoms with van der Waals surface area (Å²) in [4.78, 5) is 23.3. The highest BCUT2D eigenvalue weighted by molar-refractivity contribution is 8.00. The summed E-state index contributed by atoms with van der Waals surface area (Å²) < 4.78 is 5.77. The monoisotopic (exact) mass is 421 g/mol. The van der Waals surface area contributed by atoms with Gasteiger partial charge in [-0.1, -0.05) is 30.0 Å². The third kappa shape index (κ3) is 4.58. The molecule has 2 aromatic carbocycles. The number of nitrogens with one attached hydrogen (secondary N) is 1. The van der Waals surface area contributed by atoms with Gasteiger partial charge in [0.1, 0.15) is 27.7 Å². The molecule has 5 nitrogen and oxygen atoms in total. The van der Waals surface area contributed by atoms with Crippen LogP contribution in [0.3, 0.4) is 0 Å². The van der Waals surface area contributed by atoms with Gasteiger partial charge in [0, 0.05) is 16.0 Å². The Morgan fingerprint density at radius 2 is 1.76 bits per heavy atom. The highest BCUT2D eigenvalue weighted by atomic mass is 32.2. The molecule has 0 aliphatic rings. The Bertz CT molecular complexity index is 1140. The first-order chi connectivity index (χ1) is 14.1. The van der Waals surface area contributed by atoms with E-state index >= 15 is 0 Å². The SMILES string of the molecule is Cc1sc2ncnc(SCC(=O)Nc3ccc(Oc4ccccc4)cc3)c2c1C. The number of nitrogens with zero attached hydrogens (tertiary/aromatic N) is 2. The van der Waals surface area contributed by atoms with E-state index in [4.69, 9.17) is 4.74 Å². The molecule has 0 unspecified atom stereocenters. The minimum Gasteiger partial charge on any atom is -0.457 e. The summed E-state index contributed by atoms with van der Waals surface area (Å²) in [6, 6.07) is 16.9. The molecule has 0 aliphatic carbocycles. The number of benzene rings is 2. The number of para-hydroxylation sites is 1. The molecule has 0 fully saturated rings. The van der Waals surface area contributed by atoms with Gasteiger partial charge in [-0.25, -0.2) is 9.97 Å². The normalized spacial score (nSPS) is 10.8. The number of carbonyl (C=O) groups is 1. The van der Waals surface area contributed by atoms with E-state index in [0.29, 0.717) is 0 Å². The molecule has 1 amide bonds. The minimum atomic E-state index is -0.0805. The Balaban J connectivity index is 1.37. The maximum Gasteiger partial charge on any atom is 0.234 e. The summed E-state index contributed by atoms with van der Waals surface area (Å²) in [5.74, 6) is 1.69. The van der Waals surface area contributed by atoms with Gasteiger partial charge in [-0.2, -0.15) is 0 Å². The number of thiophene rings is 1. The first-order valence-corrected chi connectivity index (χ1v) is 10.9. The Labute approximate surface area is 177 Å². The summed E-state index contributed by atoms with van der Waals surface area (Å²) in [7, 11) is 0. The van der Waals surface area contributed by atoms with Crippen molar-refractivity contribution < 1.29 is 9.53 Å². The van der Waals surface area contributed by atoms with Crippen LogP contribution in [0.4, 0.5) is 5.69 Å². The lowest BCUT2D eigenvalue weighted by molar-refractivity contribution is -0.113. The summed E-state index contributed by atoms with van der Waals surface area (Å²) in [5.41, 5.74) is 1.91. The van der Waals surface area contributed by atoms with Crippen molar-refractivity contribution >= 4 is 44.9 Å². The minimum absolute atomic E-state index is 0.0805. The molecule has 0 saturated carbocycles. The molecule has 2 aromatic heterocycles. The number of aromatic nitrogens is 2. The van der Waals surface area contributed by atoms with Crippen LogP contribution >= 0.6 is 23.1 Å². The second kappa shape index (κ2) is 8.63. The Morgan fingerprint density at radius 1 is 1.03 bits per heavy atom. The molecule has 29 heavy (non-hydrogen) atoms. The van der Waals surface area contributed by atoms with Crippen molar-refractivity contribution in [1.29, 1.82) is 0 Å². The van der Waals surface area contributed by atoms with Crippen LogP contribution < -0.4 is 10.1 Å². The topological polar surface area (TPSA) is 64.1 Å². The van der Waals surface area contributed by atoms with Crippen molar-refractivity contribution in [3.8, 4) is 11.5 Å². The van der Waals surface area contributed by atoms with Gasteiger partial charge in [-0.05, 0) is 55.8 Å². The van der Waals surface area contributed by atoms with Gasteiger partial charge in [-0.15, -0.1) is 11.3 Å². The smallest absolute Gasteiger partial charge is 0.234 e. The molecule has 0 aliphatic heterocycles. The van der Waals surface area contributed by atoms with Crippen LogP contribution in [0.15, 0.2) is 66.0 Å². The molecule has 2 heterocycles. The van der Waals surface area contributed by atoms with Crippen LogP contribution in [0.25, 0.3) is 10.2 Å². The van der Waals surface area contributed by atoms with Crippen molar-refractivity contribution in [2.45, 2.75) is 18.9 Å². The number of hydrogen-bond donors (Lipinski definition) is 1. The largest absolute Gasteiger partial charge is 0.457 e. The zero-order valence-electron chi connectivity index (χ0n) is 16.0. The number of amides is 1. The molecular formula is C22H19N3O2S2. The lowest BCUT2D eigenvalue weighted by Gasteiger charge is -2.08. The van der Waals surface area contributed by atoms with Crippen LogP contribution in [0.5, 0.6) is 11.5 Å². The van der Waals surface area contributed by atoms with E-state index in [1.165, 1.54) is 22.2 Å². The molecule has 4 rings (SSSR count). The molecule has 0 bridgehead atoms. The maximum absolute atomic E-state index is 12.4. The molecule has 1 N–H and O–H groups in total. The number of aryl methyl sites for hydroxylation is 2. The number of ether oxygens (including phenoxy) is 1. The molecule has 4 aromatic rings. The number of anilines is 1. The van der Waals surface area contributed by atoms with Gasteiger partial charge in [0.05, 0.1) is 5.75 Å². The fourth-order valence-corrected chi connectivity index (χ4v) is 4.74. The van der Waals surface area contributed by atoms with Gasteiger partial charge in [0.15, 0.2) is 0 Å². The highest BCUT2D eigenvalue weighted by Gasteiger charge is 2.13. The lowest BCUT2D eigenvalue weighted by atomic mass is 10.2. The van der Waals surface area contributed by atoms with E-state index < -0.39 is 0 Å². The number of thioether (sulfide) groups is 1. The zero-order valence-corrected chi connectivity index (χ0v) is 17.6. The van der Waals surface area contributed by atoms with Crippen molar-refractivity contribution in [1.82, 2.24) is 9.97 Å². The molecule has 0 saturated heterocycles. The highest BCUT2D eigenvalue weighted by Crippen LogP contribution is 2.34. The van der Waals surface area contributed by atoms with Gasteiger partial charge >= 0.3 is 0 Å². The first-order valence-electron chi connectivity index (χ1n) is 9.06. The fourth-order valence-electron chi connectivity index (χ4n) is 2.82. The van der Waals surface area contributed by atoms with Crippen molar-refractivity contribution in [3.63, 3.8) is 0 Å². The first kappa shape index (κ1) is 19.4. The Hall–Kier alpha value is -2.90. The summed E-state index contributed by atoms with van der Waals surface area (Å²) in [6.07, 6.45) is 1.56. The number of fused-ring (bicyclic) bond motifs is 1. The average molecular weight is 422 g/mol. The van der Waals surface area contributed by atoms with Crippen molar-refractivity contribution in [2.75, 3.05) is 11.1 Å². The van der Waals surface area contributed by atoms with Crippen LogP contribution in [0.1, 0.15) is 10.4 Å². The van der Waals surface area contributed by atoms with Crippen LogP contribution in [0, 0.1) is 13.8 Å². The number of rotatable bonds is 6. The van der Waals surface area contributed by atoms with E-state index in [-0.39, 0.29) is 11.7 Å². The fraction of sp³-hybridized carbons (Fsp3) is 0.136. The van der Waals surface area contributed by atoms with Crippen molar-refractivity contribution in [2.24, 2.45) is 0 Å². The second-order valence-corrected chi connectivity index (χ2v) is 8.59. The third-order valence-corrected chi connectivity index (χ3v) is 6.49. The zero-order chi connectivity index (χ0) is 20.2. The van der Waals surface area contributed by atoms with E-state index in [9.17, 15) is 4.79 Å². The molecule has 0 atom stereocenters. The summed E-state index contributed by atoms with van der Waals surface area (Å²) >= 11 is 3.08. The quantitative estimate of drug-likeness (QED) is 0.313. The van der Waals surface area contributed by atoms with E-state index in [1.54, 1.807) is 17.7 Å². The predicted molar refractivity (Wildman–Crippen MR) is 119 cm³/mol. The predicted octanol–water partition coefficient (Wildman–Crippen LogP) is 5.83. The second-order valence-electron chi connectivity index (χ2n) is 6.42. The van der Waals surface area contributed by atoms with Gasteiger partial charge in [-0.3, -0.25) is 4.79 Å². The molecule has 0 radical (unpaired) electrons. The van der Waals surface area contributed by atoms with E-state index in [1.807, 2.05) is 54.6 Å². The number of hydrogen-bond acceptors (Lipinski definition) is 6. The Morgan fingerprint density at radius 3 is 2.52 bits per heavy atom. The molecule has 0 spiro atoms. The molecule has 7 heteroatoms. The lowest BCUT2D eigenvalue weighted by Crippen LogP contribution is -2.14. The van der Waals surface area contributed by atoms with Gasteiger partial charge in [0.2, 0.25) is 5.91 Å². The maximum atomic E-state index is 12.4. The van der Waals surface area contributed by atoms with Crippen LogP contribution in [-0.2, 0) is 4.79 Å². The average Bonchev–Trinajstić information content (AvgIpc) is 3.03. The standard InChI is InChI=1S/C22H19N3O2S2/c1-14-15(2)29-22-20(14)21(23-13-24-22)28-12-19(26)25-16-8-10-18(11-9-16)27-17-6-4-3-5-7-17/h3-11,13H,12H2,1-2H3,(H,25,26). The van der Waals surface area contributed by atoms with Crippen LogP contribution in [0.2, 0.25) is 0 Å². The van der Waals surface area contributed by atoms with E-state index in [0.717, 1.165) is 32.4 Å². The summed E-state index contributed by atoms with van der Waals surface area (Å²) in [6.45, 7) is 4.15. The van der Waals surface area contributed by atoms with Gasteiger partial charge in [0.25, 0.3) is 0 Å². The number of carbonyl (C=O) groups excluding carboxylic acids is 1. The Kier molecular flexibility index (Phi) is 5.78. The van der Waals surface area contributed by atoms with Crippen molar-refractivity contribution in [3.05, 3.63) is 71.4 Å². The molecular weight excluding hydrogens is 402 g/mol. The summed E-state index contributed by atoms with van der Waals surface area (Å²) in [5, 5.41) is 4.81.